The van der Waals surface area contributed by atoms with Gasteiger partial charge in [-0.05, 0) is 20.8 Å². The first kappa shape index (κ1) is 13.2. The summed E-state index contributed by atoms with van der Waals surface area (Å²) in [5.41, 5.74) is -0.526. The zero-order valence-electron chi connectivity index (χ0n) is 8.96. The third-order valence-corrected chi connectivity index (χ3v) is 1.55. The molecule has 4 nitrogen and oxygen atoms in total. The summed E-state index contributed by atoms with van der Waals surface area (Å²) in [7, 11) is 1.51. The smallest absolute Gasteiger partial charge is 0.326 e. The van der Waals surface area contributed by atoms with Gasteiger partial charge in [-0.25, -0.2) is 0 Å². The maximum atomic E-state index is 11.2. The molecule has 0 radical (unpaired) electrons. The molecule has 0 atom stereocenters. The van der Waals surface area contributed by atoms with Gasteiger partial charge in [-0.2, -0.15) is 0 Å². The molecule has 0 aromatic rings. The van der Waals surface area contributed by atoms with Gasteiger partial charge >= 0.3 is 5.97 Å². The van der Waals surface area contributed by atoms with Gasteiger partial charge in [-0.3, -0.25) is 9.59 Å². The van der Waals surface area contributed by atoms with Crippen LogP contribution >= 0.6 is 11.6 Å². The zero-order valence-corrected chi connectivity index (χ0v) is 9.72. The summed E-state index contributed by atoms with van der Waals surface area (Å²) in [6, 6.07) is 0. The first-order valence-electron chi connectivity index (χ1n) is 4.28. The first-order chi connectivity index (χ1) is 6.26. The number of carbonyl (C=O) groups is 2. The molecule has 0 unspecified atom stereocenters. The number of amides is 1. The Labute approximate surface area is 89.2 Å². The Bertz CT molecular complexity index is 223. The van der Waals surface area contributed by atoms with Crippen molar-refractivity contribution in [2.45, 2.75) is 26.4 Å². The fourth-order valence-electron chi connectivity index (χ4n) is 0.758. The topological polar surface area (TPSA) is 46.6 Å². The summed E-state index contributed by atoms with van der Waals surface area (Å²) >= 11 is 5.32. The molecule has 0 saturated heterocycles. The molecule has 0 spiro atoms. The zero-order chi connectivity index (χ0) is 11.4. The van der Waals surface area contributed by atoms with E-state index < -0.39 is 11.6 Å². The molecular weight excluding hydrogens is 206 g/mol. The minimum Gasteiger partial charge on any atom is -0.459 e. The maximum Gasteiger partial charge on any atom is 0.326 e. The Morgan fingerprint density at radius 2 is 1.86 bits per heavy atom. The third kappa shape index (κ3) is 5.80. The average Bonchev–Trinajstić information content (AvgIpc) is 1.99. The van der Waals surface area contributed by atoms with Gasteiger partial charge in [0.2, 0.25) is 5.91 Å². The summed E-state index contributed by atoms with van der Waals surface area (Å²) < 4.78 is 5.03. The second-order valence-corrected chi connectivity index (χ2v) is 4.24. The highest BCUT2D eigenvalue weighted by atomic mass is 35.5. The van der Waals surface area contributed by atoms with Crippen molar-refractivity contribution in [2.75, 3.05) is 19.5 Å². The minimum absolute atomic E-state index is 0.0666. The van der Waals surface area contributed by atoms with Crippen LogP contribution < -0.4 is 0 Å². The number of carbonyl (C=O) groups excluding carboxylic acids is 2. The molecule has 1 amide bonds. The van der Waals surface area contributed by atoms with Crippen LogP contribution in [-0.2, 0) is 14.3 Å². The second-order valence-electron chi connectivity index (χ2n) is 3.97. The van der Waals surface area contributed by atoms with Crippen LogP contribution in [0.25, 0.3) is 0 Å². The summed E-state index contributed by atoms with van der Waals surface area (Å²) in [4.78, 5) is 23.5. The molecule has 5 heteroatoms. The van der Waals surface area contributed by atoms with Gasteiger partial charge in [-0.1, -0.05) is 0 Å². The van der Waals surface area contributed by atoms with E-state index in [1.807, 2.05) is 0 Å². The van der Waals surface area contributed by atoms with Crippen molar-refractivity contribution in [3.8, 4) is 0 Å². The van der Waals surface area contributed by atoms with E-state index in [0.717, 1.165) is 0 Å². The number of nitrogens with zero attached hydrogens (tertiary/aromatic N) is 1. The number of halogens is 1. The predicted molar refractivity (Wildman–Crippen MR) is 54.2 cm³/mol. The number of likely N-dealkylation sites (N-methyl/N-ethyl adjacent to an activating group) is 1. The van der Waals surface area contributed by atoms with Crippen LogP contribution in [0.3, 0.4) is 0 Å². The van der Waals surface area contributed by atoms with Crippen molar-refractivity contribution < 1.29 is 14.3 Å². The van der Waals surface area contributed by atoms with E-state index in [1.54, 1.807) is 20.8 Å². The van der Waals surface area contributed by atoms with Crippen molar-refractivity contribution in [1.29, 1.82) is 0 Å². The van der Waals surface area contributed by atoms with Gasteiger partial charge in [0.15, 0.2) is 0 Å². The van der Waals surface area contributed by atoms with E-state index in [4.69, 9.17) is 16.3 Å². The van der Waals surface area contributed by atoms with Crippen LogP contribution in [0, 0.1) is 0 Å². The van der Waals surface area contributed by atoms with Gasteiger partial charge < -0.3 is 9.64 Å². The highest BCUT2D eigenvalue weighted by molar-refractivity contribution is 6.27. The molecule has 0 aromatic heterocycles. The molecule has 0 bridgehead atoms. The van der Waals surface area contributed by atoms with Gasteiger partial charge in [0, 0.05) is 7.05 Å². The Morgan fingerprint density at radius 3 is 2.21 bits per heavy atom. The Morgan fingerprint density at radius 1 is 1.36 bits per heavy atom. The third-order valence-electron chi connectivity index (χ3n) is 1.33. The molecular formula is C9H16ClNO3. The average molecular weight is 222 g/mol. The Balaban J connectivity index is 4.01. The van der Waals surface area contributed by atoms with Crippen molar-refractivity contribution in [3.63, 3.8) is 0 Å². The fraction of sp³-hybridized carbons (Fsp3) is 0.778. The molecule has 0 N–H and O–H groups in total. The van der Waals surface area contributed by atoms with Crippen LogP contribution in [0.2, 0.25) is 0 Å². The minimum atomic E-state index is -0.526. The fourth-order valence-corrected chi connectivity index (χ4v) is 0.962. The monoisotopic (exact) mass is 221 g/mol. The molecule has 0 aliphatic rings. The molecule has 0 saturated carbocycles. The number of rotatable bonds is 3. The molecule has 0 fully saturated rings. The molecule has 0 heterocycles. The summed E-state index contributed by atoms with van der Waals surface area (Å²) in [5.74, 6) is -0.852. The van der Waals surface area contributed by atoms with Crippen molar-refractivity contribution in [1.82, 2.24) is 4.90 Å². The largest absolute Gasteiger partial charge is 0.459 e. The van der Waals surface area contributed by atoms with Gasteiger partial charge in [0.1, 0.15) is 18.0 Å². The number of hydrogen-bond donors (Lipinski definition) is 0. The van der Waals surface area contributed by atoms with E-state index in [1.165, 1.54) is 11.9 Å². The first-order valence-corrected chi connectivity index (χ1v) is 4.81. The number of alkyl halides is 1. The standard InChI is InChI=1S/C9H16ClNO3/c1-9(2,3)14-8(13)6-11(4)7(12)5-10/h5-6H2,1-4H3. The quantitative estimate of drug-likeness (QED) is 0.528. The molecule has 14 heavy (non-hydrogen) atoms. The Hall–Kier alpha value is -0.770. The lowest BCUT2D eigenvalue weighted by atomic mass is 10.2. The highest BCUT2D eigenvalue weighted by Gasteiger charge is 2.19. The Kier molecular flexibility index (Phi) is 4.91. The molecule has 0 aromatic carbocycles. The van der Waals surface area contributed by atoms with Crippen LogP contribution in [0.4, 0.5) is 0 Å². The van der Waals surface area contributed by atoms with E-state index in [0.29, 0.717) is 0 Å². The number of hydrogen-bond acceptors (Lipinski definition) is 3. The molecule has 0 aliphatic heterocycles. The van der Waals surface area contributed by atoms with E-state index in [-0.39, 0.29) is 18.3 Å². The molecule has 82 valence electrons. The van der Waals surface area contributed by atoms with Gasteiger partial charge in [0.25, 0.3) is 0 Å². The van der Waals surface area contributed by atoms with Crippen LogP contribution in [0.5, 0.6) is 0 Å². The lowest BCUT2D eigenvalue weighted by Gasteiger charge is -2.22. The number of ether oxygens (including phenoxy) is 1. The van der Waals surface area contributed by atoms with Crippen LogP contribution in [-0.4, -0.2) is 41.8 Å². The summed E-state index contributed by atoms with van der Waals surface area (Å²) in [6.45, 7) is 5.25. The normalized spacial score (nSPS) is 10.9. The van der Waals surface area contributed by atoms with Crippen LogP contribution in [0.1, 0.15) is 20.8 Å². The molecule has 0 rings (SSSR count). The summed E-state index contributed by atoms with van der Waals surface area (Å²) in [5, 5.41) is 0. The lowest BCUT2D eigenvalue weighted by Crippen LogP contribution is -2.36. The SMILES string of the molecule is CN(CC(=O)OC(C)(C)C)C(=O)CCl. The van der Waals surface area contributed by atoms with Crippen molar-refractivity contribution >= 4 is 23.5 Å². The van der Waals surface area contributed by atoms with E-state index in [9.17, 15) is 9.59 Å². The second kappa shape index (κ2) is 5.20. The van der Waals surface area contributed by atoms with Crippen molar-refractivity contribution in [2.24, 2.45) is 0 Å². The predicted octanol–water partition coefficient (Wildman–Crippen LogP) is 1.03. The van der Waals surface area contributed by atoms with Crippen molar-refractivity contribution in [3.05, 3.63) is 0 Å². The number of esters is 1. The maximum absolute atomic E-state index is 11.2. The van der Waals surface area contributed by atoms with Gasteiger partial charge in [-0.15, -0.1) is 11.6 Å². The van der Waals surface area contributed by atoms with Gasteiger partial charge in [0.05, 0.1) is 0 Å². The van der Waals surface area contributed by atoms with E-state index >= 15 is 0 Å². The highest BCUT2D eigenvalue weighted by Crippen LogP contribution is 2.07. The lowest BCUT2D eigenvalue weighted by molar-refractivity contribution is -0.157. The van der Waals surface area contributed by atoms with E-state index in [2.05, 4.69) is 0 Å². The summed E-state index contributed by atoms with van der Waals surface area (Å²) in [6.07, 6.45) is 0. The molecule has 0 aliphatic carbocycles. The van der Waals surface area contributed by atoms with Crippen LogP contribution in [0.15, 0.2) is 0 Å².